The van der Waals surface area contributed by atoms with E-state index in [1.165, 1.54) is 16.8 Å². The summed E-state index contributed by atoms with van der Waals surface area (Å²) >= 11 is 1.57. The minimum Gasteiger partial charge on any atom is -0.383 e. The number of thiazole rings is 1. The predicted octanol–water partition coefficient (Wildman–Crippen LogP) is 1.71. The highest BCUT2D eigenvalue weighted by Gasteiger charge is 2.31. The number of aromatic nitrogens is 3. The number of piperidine rings is 1. The van der Waals surface area contributed by atoms with E-state index in [0.717, 1.165) is 24.3 Å². The van der Waals surface area contributed by atoms with Crippen molar-refractivity contribution in [3.63, 3.8) is 0 Å². The van der Waals surface area contributed by atoms with Crippen molar-refractivity contribution in [3.05, 3.63) is 44.8 Å². The molecule has 2 aromatic heterocycles. The maximum atomic E-state index is 12.9. The summed E-state index contributed by atoms with van der Waals surface area (Å²) in [7, 11) is 1.56. The van der Waals surface area contributed by atoms with Gasteiger partial charge < -0.3 is 9.64 Å². The van der Waals surface area contributed by atoms with Crippen LogP contribution in [-0.2, 0) is 11.3 Å². The third-order valence-electron chi connectivity index (χ3n) is 4.09. The van der Waals surface area contributed by atoms with Gasteiger partial charge in [0.25, 0.3) is 11.5 Å². The Morgan fingerprint density at radius 3 is 3.04 bits per heavy atom. The smallest absolute Gasteiger partial charge is 0.274 e. The molecular weight excluding hydrogens is 328 g/mol. The first-order valence-corrected chi connectivity index (χ1v) is 8.86. The lowest BCUT2D eigenvalue weighted by molar-refractivity contribution is 0.0601. The Kier molecular flexibility index (Phi) is 5.37. The van der Waals surface area contributed by atoms with Gasteiger partial charge in [0.15, 0.2) is 0 Å². The van der Waals surface area contributed by atoms with Gasteiger partial charge in [-0.1, -0.05) is 0 Å². The second-order valence-corrected chi connectivity index (χ2v) is 6.58. The summed E-state index contributed by atoms with van der Waals surface area (Å²) in [5, 5.41) is 7.10. The van der Waals surface area contributed by atoms with Crippen LogP contribution < -0.4 is 5.56 Å². The van der Waals surface area contributed by atoms with Gasteiger partial charge in [0.05, 0.1) is 19.2 Å². The maximum absolute atomic E-state index is 12.9. The Morgan fingerprint density at radius 1 is 1.42 bits per heavy atom. The standard InChI is InChI=1S/C16H20N4O3S/c1-23-10-9-20-14(21)6-5-12(18-20)16(22)19-8-3-2-4-13(19)15-17-7-11-24-15/h5-7,11,13H,2-4,8-10H2,1H3. The van der Waals surface area contributed by atoms with Crippen LogP contribution in [0.15, 0.2) is 28.5 Å². The minimum absolute atomic E-state index is 0.00703. The number of carbonyl (C=O) groups excluding carboxylic acids is 1. The predicted molar refractivity (Wildman–Crippen MR) is 90.1 cm³/mol. The van der Waals surface area contributed by atoms with Crippen LogP contribution in [0.2, 0.25) is 0 Å². The number of carbonyl (C=O) groups is 1. The summed E-state index contributed by atoms with van der Waals surface area (Å²) in [6.45, 7) is 1.38. The molecule has 0 aromatic carbocycles. The highest BCUT2D eigenvalue weighted by atomic mass is 32.1. The average molecular weight is 348 g/mol. The highest BCUT2D eigenvalue weighted by molar-refractivity contribution is 7.09. The van der Waals surface area contributed by atoms with Crippen LogP contribution in [-0.4, -0.2) is 45.8 Å². The number of likely N-dealkylation sites (tertiary alicyclic amines) is 1. The van der Waals surface area contributed by atoms with Gasteiger partial charge in [0.2, 0.25) is 0 Å². The summed E-state index contributed by atoms with van der Waals surface area (Å²) in [4.78, 5) is 31.0. The van der Waals surface area contributed by atoms with Gasteiger partial charge >= 0.3 is 0 Å². The van der Waals surface area contributed by atoms with Crippen molar-refractivity contribution in [2.45, 2.75) is 31.8 Å². The van der Waals surface area contributed by atoms with E-state index in [2.05, 4.69) is 10.1 Å². The molecule has 0 bridgehead atoms. The molecule has 1 atom stereocenters. The third-order valence-corrected chi connectivity index (χ3v) is 4.97. The number of ether oxygens (including phenoxy) is 1. The van der Waals surface area contributed by atoms with Gasteiger partial charge in [-0.25, -0.2) is 9.67 Å². The van der Waals surface area contributed by atoms with Crippen LogP contribution in [0, 0.1) is 0 Å². The summed E-state index contributed by atoms with van der Waals surface area (Å²) < 4.78 is 6.26. The molecule has 1 fully saturated rings. The van der Waals surface area contributed by atoms with Crippen molar-refractivity contribution >= 4 is 17.2 Å². The number of rotatable bonds is 5. The molecule has 0 N–H and O–H groups in total. The fourth-order valence-electron chi connectivity index (χ4n) is 2.88. The fraction of sp³-hybridized carbons (Fsp3) is 0.500. The molecule has 1 amide bonds. The van der Waals surface area contributed by atoms with Gasteiger partial charge in [-0.3, -0.25) is 9.59 Å². The summed E-state index contributed by atoms with van der Waals surface area (Å²) in [6.07, 6.45) is 4.72. The SMILES string of the molecule is COCCn1nc(C(=O)N2CCCCC2c2nccs2)ccc1=O. The molecule has 1 aliphatic rings. The normalized spacial score (nSPS) is 17.9. The summed E-state index contributed by atoms with van der Waals surface area (Å²) in [5.41, 5.74) is 0.0490. The van der Waals surface area contributed by atoms with Crippen molar-refractivity contribution in [1.29, 1.82) is 0 Å². The Morgan fingerprint density at radius 2 is 2.29 bits per heavy atom. The molecule has 0 aliphatic carbocycles. The van der Waals surface area contributed by atoms with E-state index in [9.17, 15) is 9.59 Å². The van der Waals surface area contributed by atoms with Gasteiger partial charge in [0.1, 0.15) is 10.7 Å². The Hall–Kier alpha value is -2.06. The molecular formula is C16H20N4O3S. The van der Waals surface area contributed by atoms with E-state index in [1.54, 1.807) is 24.6 Å². The molecule has 7 nitrogen and oxygen atoms in total. The van der Waals surface area contributed by atoms with Gasteiger partial charge in [-0.15, -0.1) is 11.3 Å². The molecule has 2 aromatic rings. The molecule has 0 radical (unpaired) electrons. The third kappa shape index (κ3) is 3.54. The number of methoxy groups -OCH3 is 1. The van der Waals surface area contributed by atoms with E-state index in [0.29, 0.717) is 19.7 Å². The van der Waals surface area contributed by atoms with E-state index in [-0.39, 0.29) is 23.2 Å². The molecule has 1 aliphatic heterocycles. The molecule has 0 saturated carbocycles. The van der Waals surface area contributed by atoms with Crippen molar-refractivity contribution < 1.29 is 9.53 Å². The van der Waals surface area contributed by atoms with Crippen molar-refractivity contribution in [2.24, 2.45) is 0 Å². The summed E-state index contributed by atoms with van der Waals surface area (Å²) in [5.74, 6) is -0.152. The fourth-order valence-corrected chi connectivity index (χ4v) is 3.66. The van der Waals surface area contributed by atoms with Crippen molar-refractivity contribution in [3.8, 4) is 0 Å². The van der Waals surface area contributed by atoms with Crippen LogP contribution in [0.4, 0.5) is 0 Å². The molecule has 1 saturated heterocycles. The van der Waals surface area contributed by atoms with E-state index in [1.807, 2.05) is 10.3 Å². The molecule has 0 spiro atoms. The lowest BCUT2D eigenvalue weighted by atomic mass is 10.0. The maximum Gasteiger partial charge on any atom is 0.274 e. The number of hydrogen-bond donors (Lipinski definition) is 0. The van der Waals surface area contributed by atoms with Crippen LogP contribution in [0.5, 0.6) is 0 Å². The zero-order valence-electron chi connectivity index (χ0n) is 13.6. The second kappa shape index (κ2) is 7.67. The number of nitrogens with zero attached hydrogens (tertiary/aromatic N) is 4. The number of amides is 1. The molecule has 3 heterocycles. The Labute approximate surface area is 143 Å². The Balaban J connectivity index is 1.85. The highest BCUT2D eigenvalue weighted by Crippen LogP contribution is 2.32. The van der Waals surface area contributed by atoms with Crippen molar-refractivity contribution in [2.75, 3.05) is 20.3 Å². The zero-order valence-corrected chi connectivity index (χ0v) is 14.4. The van der Waals surface area contributed by atoms with Crippen LogP contribution in [0.3, 0.4) is 0 Å². The average Bonchev–Trinajstić information content (AvgIpc) is 3.15. The quantitative estimate of drug-likeness (QED) is 0.822. The second-order valence-electron chi connectivity index (χ2n) is 5.65. The molecule has 1 unspecified atom stereocenters. The molecule has 24 heavy (non-hydrogen) atoms. The van der Waals surface area contributed by atoms with Gasteiger partial charge in [-0.05, 0) is 25.3 Å². The van der Waals surface area contributed by atoms with Crippen LogP contribution >= 0.6 is 11.3 Å². The molecule has 8 heteroatoms. The first-order valence-electron chi connectivity index (χ1n) is 7.98. The summed E-state index contributed by atoms with van der Waals surface area (Å²) in [6, 6.07) is 2.88. The number of hydrogen-bond acceptors (Lipinski definition) is 6. The molecule has 128 valence electrons. The van der Waals surface area contributed by atoms with Gasteiger partial charge in [-0.2, -0.15) is 5.10 Å². The lowest BCUT2D eigenvalue weighted by Gasteiger charge is -2.34. The topological polar surface area (TPSA) is 77.3 Å². The van der Waals surface area contributed by atoms with E-state index in [4.69, 9.17) is 4.74 Å². The first kappa shape index (κ1) is 16.8. The van der Waals surface area contributed by atoms with Crippen molar-refractivity contribution in [1.82, 2.24) is 19.7 Å². The minimum atomic E-state index is -0.237. The van der Waals surface area contributed by atoms with Gasteiger partial charge in [0, 0.05) is 31.3 Å². The van der Waals surface area contributed by atoms with E-state index < -0.39 is 0 Å². The first-order chi connectivity index (χ1) is 11.7. The Bertz CT molecular complexity index is 744. The van der Waals surface area contributed by atoms with Crippen LogP contribution in [0.1, 0.15) is 40.8 Å². The largest absolute Gasteiger partial charge is 0.383 e. The van der Waals surface area contributed by atoms with Crippen LogP contribution in [0.25, 0.3) is 0 Å². The van der Waals surface area contributed by atoms with E-state index >= 15 is 0 Å². The molecule has 3 rings (SSSR count). The monoisotopic (exact) mass is 348 g/mol. The zero-order chi connectivity index (χ0) is 16.9. The lowest BCUT2D eigenvalue weighted by Crippen LogP contribution is -2.40.